The van der Waals surface area contributed by atoms with Gasteiger partial charge in [0.15, 0.2) is 11.5 Å². The van der Waals surface area contributed by atoms with Crippen molar-refractivity contribution < 1.29 is 9.47 Å². The van der Waals surface area contributed by atoms with Crippen LogP contribution in [0, 0.1) is 0 Å². The first kappa shape index (κ1) is 11.7. The van der Waals surface area contributed by atoms with Gasteiger partial charge in [0.1, 0.15) is 5.82 Å². The van der Waals surface area contributed by atoms with E-state index in [4.69, 9.17) is 9.47 Å². The van der Waals surface area contributed by atoms with Crippen molar-refractivity contribution in [2.24, 2.45) is 0 Å². The van der Waals surface area contributed by atoms with Crippen molar-refractivity contribution in [1.29, 1.82) is 0 Å². The molecule has 0 spiro atoms. The van der Waals surface area contributed by atoms with E-state index >= 15 is 0 Å². The number of hydrogen-bond acceptors (Lipinski definition) is 4. The fraction of sp³-hybridized carbons (Fsp3) is 0.417. The summed E-state index contributed by atoms with van der Waals surface area (Å²) in [6.45, 7) is 2.05. The number of aromatic nitrogens is 2. The first-order chi connectivity index (χ1) is 8.19. The van der Waals surface area contributed by atoms with Crippen LogP contribution in [-0.2, 0) is 0 Å². The molecule has 92 valence electrons. The average Bonchev–Trinajstić information content (AvgIpc) is 2.78. The van der Waals surface area contributed by atoms with Gasteiger partial charge in [-0.25, -0.2) is 4.98 Å². The molecule has 0 aliphatic carbocycles. The highest BCUT2D eigenvalue weighted by Crippen LogP contribution is 2.31. The van der Waals surface area contributed by atoms with Crippen molar-refractivity contribution in [1.82, 2.24) is 15.3 Å². The van der Waals surface area contributed by atoms with Crippen LogP contribution in [0.4, 0.5) is 0 Å². The molecule has 2 N–H and O–H groups in total. The molecular weight excluding hydrogens is 218 g/mol. The van der Waals surface area contributed by atoms with Gasteiger partial charge in [-0.2, -0.15) is 0 Å². The molecule has 17 heavy (non-hydrogen) atoms. The van der Waals surface area contributed by atoms with Gasteiger partial charge in [-0.05, 0) is 14.0 Å². The van der Waals surface area contributed by atoms with Crippen molar-refractivity contribution in [3.63, 3.8) is 0 Å². The van der Waals surface area contributed by atoms with Crippen LogP contribution in [-0.4, -0.2) is 31.2 Å². The minimum atomic E-state index is 0.180. The summed E-state index contributed by atoms with van der Waals surface area (Å²) in [5.74, 6) is 2.29. The zero-order valence-electron chi connectivity index (χ0n) is 10.5. The number of rotatable bonds is 4. The average molecular weight is 235 g/mol. The summed E-state index contributed by atoms with van der Waals surface area (Å²) in [7, 11) is 5.14. The maximum Gasteiger partial charge on any atom is 0.163 e. The van der Waals surface area contributed by atoms with Crippen LogP contribution in [0.3, 0.4) is 0 Å². The Kier molecular flexibility index (Phi) is 3.19. The molecule has 5 heteroatoms. The number of nitrogens with one attached hydrogen (secondary N) is 2. The summed E-state index contributed by atoms with van der Waals surface area (Å²) < 4.78 is 10.5. The maximum absolute atomic E-state index is 5.25. The quantitative estimate of drug-likeness (QED) is 0.849. The molecule has 1 aromatic carbocycles. The Labute approximate surface area is 100 Å². The Bertz CT molecular complexity index is 481. The van der Waals surface area contributed by atoms with Crippen LogP contribution in [0.1, 0.15) is 18.8 Å². The number of aromatic amines is 1. The smallest absolute Gasteiger partial charge is 0.163 e. The largest absolute Gasteiger partial charge is 0.493 e. The fourth-order valence-electron chi connectivity index (χ4n) is 1.70. The fourth-order valence-corrected chi connectivity index (χ4v) is 1.70. The van der Waals surface area contributed by atoms with Gasteiger partial charge in [-0.1, -0.05) is 0 Å². The van der Waals surface area contributed by atoms with Gasteiger partial charge < -0.3 is 19.8 Å². The second kappa shape index (κ2) is 4.63. The number of H-pyrrole nitrogens is 1. The lowest BCUT2D eigenvalue weighted by Gasteiger charge is -2.06. The van der Waals surface area contributed by atoms with Gasteiger partial charge >= 0.3 is 0 Å². The highest BCUT2D eigenvalue weighted by molar-refractivity contribution is 5.79. The Hall–Kier alpha value is -1.75. The molecule has 0 aliphatic rings. The molecule has 0 bridgehead atoms. The van der Waals surface area contributed by atoms with Gasteiger partial charge in [0.25, 0.3) is 0 Å². The maximum atomic E-state index is 5.25. The van der Waals surface area contributed by atoms with Gasteiger partial charge in [-0.3, -0.25) is 0 Å². The third-order valence-electron chi connectivity index (χ3n) is 2.85. The summed E-state index contributed by atoms with van der Waals surface area (Å²) in [5, 5.41) is 3.14. The first-order valence-corrected chi connectivity index (χ1v) is 5.48. The Balaban J connectivity index is 2.53. The highest BCUT2D eigenvalue weighted by Gasteiger charge is 2.12. The van der Waals surface area contributed by atoms with Gasteiger partial charge in [0.05, 0.1) is 31.3 Å². The predicted molar refractivity (Wildman–Crippen MR) is 66.7 cm³/mol. The van der Waals surface area contributed by atoms with Gasteiger partial charge in [0.2, 0.25) is 0 Å². The summed E-state index contributed by atoms with van der Waals surface area (Å²) in [6.07, 6.45) is 0. The van der Waals surface area contributed by atoms with E-state index in [0.717, 1.165) is 16.9 Å². The lowest BCUT2D eigenvalue weighted by molar-refractivity contribution is 0.356. The van der Waals surface area contributed by atoms with Crippen LogP contribution in [0.25, 0.3) is 11.0 Å². The number of hydrogen-bond donors (Lipinski definition) is 2. The number of methoxy groups -OCH3 is 2. The summed E-state index contributed by atoms with van der Waals surface area (Å²) >= 11 is 0. The minimum absolute atomic E-state index is 0.180. The van der Waals surface area contributed by atoms with Crippen molar-refractivity contribution in [2.45, 2.75) is 13.0 Å². The molecule has 0 amide bonds. The molecule has 0 radical (unpaired) electrons. The van der Waals surface area contributed by atoms with Gasteiger partial charge in [0, 0.05) is 12.1 Å². The van der Waals surface area contributed by atoms with Crippen molar-refractivity contribution in [3.05, 3.63) is 18.0 Å². The predicted octanol–water partition coefficient (Wildman–Crippen LogP) is 1.86. The first-order valence-electron chi connectivity index (χ1n) is 5.48. The van der Waals surface area contributed by atoms with Crippen LogP contribution < -0.4 is 14.8 Å². The van der Waals surface area contributed by atoms with E-state index in [2.05, 4.69) is 15.3 Å². The van der Waals surface area contributed by atoms with Gasteiger partial charge in [-0.15, -0.1) is 0 Å². The lowest BCUT2D eigenvalue weighted by atomic mass is 10.3. The normalized spacial score (nSPS) is 12.7. The van der Waals surface area contributed by atoms with E-state index in [9.17, 15) is 0 Å². The van der Waals surface area contributed by atoms with Crippen molar-refractivity contribution >= 4 is 11.0 Å². The zero-order chi connectivity index (χ0) is 12.4. The molecule has 2 aromatic rings. The van der Waals surface area contributed by atoms with E-state index < -0.39 is 0 Å². The van der Waals surface area contributed by atoms with E-state index in [1.54, 1.807) is 14.2 Å². The topological polar surface area (TPSA) is 59.2 Å². The number of nitrogens with zero attached hydrogens (tertiary/aromatic N) is 1. The molecule has 0 fully saturated rings. The van der Waals surface area contributed by atoms with E-state index in [1.165, 1.54) is 0 Å². The minimum Gasteiger partial charge on any atom is -0.493 e. The van der Waals surface area contributed by atoms with Crippen LogP contribution in [0.5, 0.6) is 11.5 Å². The number of fused-ring (bicyclic) bond motifs is 1. The van der Waals surface area contributed by atoms with E-state index in [1.807, 2.05) is 26.1 Å². The molecule has 1 heterocycles. The molecule has 0 saturated heterocycles. The second-order valence-electron chi connectivity index (χ2n) is 3.86. The number of ether oxygens (including phenoxy) is 2. The molecular formula is C12H17N3O2. The Morgan fingerprint density at radius 3 is 2.47 bits per heavy atom. The number of imidazole rings is 1. The zero-order valence-corrected chi connectivity index (χ0v) is 10.5. The Morgan fingerprint density at radius 1 is 1.24 bits per heavy atom. The molecule has 2 rings (SSSR count). The Morgan fingerprint density at radius 2 is 1.88 bits per heavy atom. The molecule has 1 unspecified atom stereocenters. The molecule has 0 saturated carbocycles. The monoisotopic (exact) mass is 235 g/mol. The van der Waals surface area contributed by atoms with Crippen molar-refractivity contribution in [3.8, 4) is 11.5 Å². The summed E-state index contributed by atoms with van der Waals surface area (Å²) in [6, 6.07) is 3.95. The van der Waals surface area contributed by atoms with E-state index in [-0.39, 0.29) is 6.04 Å². The standard InChI is InChI=1S/C12H17N3O2/c1-7(13-2)12-14-8-5-10(16-3)11(17-4)6-9(8)15-12/h5-7,13H,1-4H3,(H,14,15). The second-order valence-corrected chi connectivity index (χ2v) is 3.86. The SMILES string of the molecule is CNC(C)c1nc2cc(OC)c(OC)cc2[nH]1. The van der Waals surface area contributed by atoms with E-state index in [0.29, 0.717) is 11.5 Å². The van der Waals surface area contributed by atoms with Crippen molar-refractivity contribution in [2.75, 3.05) is 21.3 Å². The third-order valence-corrected chi connectivity index (χ3v) is 2.85. The highest BCUT2D eigenvalue weighted by atomic mass is 16.5. The molecule has 0 aliphatic heterocycles. The molecule has 1 aromatic heterocycles. The third kappa shape index (κ3) is 2.06. The molecule has 5 nitrogen and oxygen atoms in total. The summed E-state index contributed by atoms with van der Waals surface area (Å²) in [4.78, 5) is 7.78. The van der Waals surface area contributed by atoms with Crippen LogP contribution in [0.15, 0.2) is 12.1 Å². The van der Waals surface area contributed by atoms with Crippen LogP contribution >= 0.6 is 0 Å². The lowest BCUT2D eigenvalue weighted by Crippen LogP contribution is -2.13. The molecule has 1 atom stereocenters. The van der Waals surface area contributed by atoms with Crippen LogP contribution in [0.2, 0.25) is 0 Å². The summed E-state index contributed by atoms with van der Waals surface area (Å²) in [5.41, 5.74) is 1.82. The number of benzene rings is 1.